The van der Waals surface area contributed by atoms with Crippen molar-refractivity contribution in [1.29, 1.82) is 0 Å². The average molecular weight is 363 g/mol. The molecule has 1 aliphatic heterocycles. The molecule has 138 valence electrons. The Kier molecular flexibility index (Phi) is 4.32. The fraction of sp³-hybridized carbons (Fsp3) is 0.238. The number of fused-ring (bicyclic) bond motifs is 1. The second kappa shape index (κ2) is 6.79. The molecule has 2 heterocycles. The molecule has 0 radical (unpaired) electrons. The Labute approximate surface area is 157 Å². The van der Waals surface area contributed by atoms with E-state index in [1.807, 2.05) is 26.0 Å². The quantitative estimate of drug-likeness (QED) is 0.727. The molecule has 6 nitrogen and oxygen atoms in total. The van der Waals surface area contributed by atoms with Gasteiger partial charge in [-0.1, -0.05) is 30.7 Å². The third kappa shape index (κ3) is 3.14. The standard InChI is InChI=1S/C21H21N3O3/c1-4-16-20(19(24-23-16)15-7-5-12(2)9-13(15)3)22-21(25)14-6-8-17-18(10-14)27-11-26-17/h5-10H,4,11H2,1-3H3,(H,22,25)(H,23,24). The summed E-state index contributed by atoms with van der Waals surface area (Å²) in [4.78, 5) is 12.9. The van der Waals surface area contributed by atoms with Crippen molar-refractivity contribution >= 4 is 11.6 Å². The van der Waals surface area contributed by atoms with Crippen LogP contribution >= 0.6 is 0 Å². The van der Waals surface area contributed by atoms with Crippen LogP contribution in [0.25, 0.3) is 11.3 Å². The molecular weight excluding hydrogens is 342 g/mol. The zero-order chi connectivity index (χ0) is 19.0. The van der Waals surface area contributed by atoms with Crippen LogP contribution in [0.5, 0.6) is 11.5 Å². The predicted octanol–water partition coefficient (Wildman–Crippen LogP) is 4.24. The highest BCUT2D eigenvalue weighted by Crippen LogP contribution is 2.34. The van der Waals surface area contributed by atoms with Gasteiger partial charge in [-0.2, -0.15) is 5.10 Å². The lowest BCUT2D eigenvalue weighted by Crippen LogP contribution is -2.13. The molecule has 2 N–H and O–H groups in total. The molecule has 0 atom stereocenters. The first-order valence-electron chi connectivity index (χ1n) is 8.92. The first-order valence-corrected chi connectivity index (χ1v) is 8.92. The van der Waals surface area contributed by atoms with E-state index < -0.39 is 0 Å². The minimum absolute atomic E-state index is 0.180. The number of carbonyl (C=O) groups is 1. The highest BCUT2D eigenvalue weighted by Gasteiger charge is 2.20. The highest BCUT2D eigenvalue weighted by molar-refractivity contribution is 6.06. The molecule has 1 aliphatic rings. The van der Waals surface area contributed by atoms with Crippen LogP contribution in [0.3, 0.4) is 0 Å². The second-order valence-electron chi connectivity index (χ2n) is 6.62. The zero-order valence-electron chi connectivity index (χ0n) is 15.6. The van der Waals surface area contributed by atoms with Gasteiger partial charge < -0.3 is 14.8 Å². The Morgan fingerprint density at radius 1 is 1.15 bits per heavy atom. The van der Waals surface area contributed by atoms with Crippen molar-refractivity contribution in [3.05, 3.63) is 58.8 Å². The summed E-state index contributed by atoms with van der Waals surface area (Å²) in [5.41, 5.74) is 6.16. The van der Waals surface area contributed by atoms with Crippen molar-refractivity contribution in [2.75, 3.05) is 12.1 Å². The largest absolute Gasteiger partial charge is 0.454 e. The lowest BCUT2D eigenvalue weighted by Gasteiger charge is -2.10. The number of ether oxygens (including phenoxy) is 2. The number of aryl methyl sites for hydroxylation is 3. The number of benzene rings is 2. The number of rotatable bonds is 4. The summed E-state index contributed by atoms with van der Waals surface area (Å²) in [6, 6.07) is 11.4. The highest BCUT2D eigenvalue weighted by atomic mass is 16.7. The van der Waals surface area contributed by atoms with Gasteiger partial charge in [0.05, 0.1) is 11.4 Å². The molecule has 0 saturated heterocycles. The number of hydrogen-bond donors (Lipinski definition) is 2. The van der Waals surface area contributed by atoms with Crippen molar-refractivity contribution in [2.45, 2.75) is 27.2 Å². The Balaban J connectivity index is 1.69. The summed E-state index contributed by atoms with van der Waals surface area (Å²) >= 11 is 0. The number of H-pyrrole nitrogens is 1. The summed E-state index contributed by atoms with van der Waals surface area (Å²) in [7, 11) is 0. The molecule has 1 aromatic heterocycles. The van der Waals surface area contributed by atoms with Gasteiger partial charge in [0.15, 0.2) is 11.5 Å². The van der Waals surface area contributed by atoms with Crippen molar-refractivity contribution in [2.24, 2.45) is 0 Å². The maximum Gasteiger partial charge on any atom is 0.255 e. The van der Waals surface area contributed by atoms with Gasteiger partial charge in [-0.05, 0) is 44.0 Å². The first kappa shape index (κ1) is 17.1. The van der Waals surface area contributed by atoms with Gasteiger partial charge in [-0.25, -0.2) is 0 Å². The van der Waals surface area contributed by atoms with E-state index in [0.29, 0.717) is 22.7 Å². The van der Waals surface area contributed by atoms with Gasteiger partial charge in [-0.3, -0.25) is 9.89 Å². The van der Waals surface area contributed by atoms with Gasteiger partial charge in [-0.15, -0.1) is 0 Å². The number of hydrogen-bond acceptors (Lipinski definition) is 4. The van der Waals surface area contributed by atoms with Gasteiger partial charge in [0.2, 0.25) is 6.79 Å². The molecule has 0 bridgehead atoms. The van der Waals surface area contributed by atoms with E-state index in [1.165, 1.54) is 5.56 Å². The SMILES string of the molecule is CCc1[nH]nc(-c2ccc(C)cc2C)c1NC(=O)c1ccc2c(c1)OCO2. The summed E-state index contributed by atoms with van der Waals surface area (Å²) in [6.45, 7) is 6.31. The van der Waals surface area contributed by atoms with E-state index in [4.69, 9.17) is 9.47 Å². The fourth-order valence-corrected chi connectivity index (χ4v) is 3.27. The summed E-state index contributed by atoms with van der Waals surface area (Å²) in [5.74, 6) is 1.02. The molecule has 0 fully saturated rings. The zero-order valence-corrected chi connectivity index (χ0v) is 15.6. The van der Waals surface area contributed by atoms with E-state index in [0.717, 1.165) is 28.9 Å². The Morgan fingerprint density at radius 3 is 2.74 bits per heavy atom. The number of nitrogens with one attached hydrogen (secondary N) is 2. The number of anilines is 1. The van der Waals surface area contributed by atoms with E-state index >= 15 is 0 Å². The molecule has 1 amide bonds. The maximum atomic E-state index is 12.9. The molecule has 3 aromatic rings. The van der Waals surface area contributed by atoms with Crippen molar-refractivity contribution in [1.82, 2.24) is 10.2 Å². The van der Waals surface area contributed by atoms with Crippen LogP contribution in [-0.4, -0.2) is 22.9 Å². The number of nitrogens with zero attached hydrogens (tertiary/aromatic N) is 1. The first-order chi connectivity index (χ1) is 13.1. The molecule has 0 saturated carbocycles. The second-order valence-corrected chi connectivity index (χ2v) is 6.62. The smallest absolute Gasteiger partial charge is 0.255 e. The summed E-state index contributed by atoms with van der Waals surface area (Å²) in [5, 5.41) is 10.6. The fourth-order valence-electron chi connectivity index (χ4n) is 3.27. The number of aromatic amines is 1. The molecule has 2 aromatic carbocycles. The van der Waals surface area contributed by atoms with Crippen molar-refractivity contribution in [3.8, 4) is 22.8 Å². The van der Waals surface area contributed by atoms with Gasteiger partial charge in [0.1, 0.15) is 5.69 Å². The molecule has 0 aliphatic carbocycles. The van der Waals surface area contributed by atoms with Crippen LogP contribution in [0.1, 0.15) is 34.1 Å². The molecule has 27 heavy (non-hydrogen) atoms. The lowest BCUT2D eigenvalue weighted by molar-refractivity contribution is 0.102. The maximum absolute atomic E-state index is 12.9. The van der Waals surface area contributed by atoms with Gasteiger partial charge >= 0.3 is 0 Å². The molecule has 6 heteroatoms. The van der Waals surface area contributed by atoms with E-state index in [2.05, 4.69) is 28.5 Å². The summed E-state index contributed by atoms with van der Waals surface area (Å²) in [6.07, 6.45) is 0.731. The minimum Gasteiger partial charge on any atom is -0.454 e. The minimum atomic E-state index is -0.213. The Morgan fingerprint density at radius 2 is 1.96 bits per heavy atom. The normalized spacial score (nSPS) is 12.3. The van der Waals surface area contributed by atoms with Crippen LogP contribution in [0, 0.1) is 13.8 Å². The van der Waals surface area contributed by atoms with Crippen LogP contribution < -0.4 is 14.8 Å². The Hall–Kier alpha value is -3.28. The number of aromatic nitrogens is 2. The van der Waals surface area contributed by atoms with Crippen molar-refractivity contribution < 1.29 is 14.3 Å². The summed E-state index contributed by atoms with van der Waals surface area (Å²) < 4.78 is 10.7. The van der Waals surface area contributed by atoms with Gasteiger partial charge in [0, 0.05) is 11.1 Å². The van der Waals surface area contributed by atoms with Crippen LogP contribution in [-0.2, 0) is 6.42 Å². The third-order valence-electron chi connectivity index (χ3n) is 4.71. The van der Waals surface area contributed by atoms with E-state index in [1.54, 1.807) is 18.2 Å². The molecule has 0 spiro atoms. The Bertz CT molecular complexity index is 1020. The predicted molar refractivity (Wildman–Crippen MR) is 103 cm³/mol. The molecule has 0 unspecified atom stereocenters. The lowest BCUT2D eigenvalue weighted by atomic mass is 10.0. The average Bonchev–Trinajstić information content (AvgIpc) is 3.27. The third-order valence-corrected chi connectivity index (χ3v) is 4.71. The van der Waals surface area contributed by atoms with Crippen LogP contribution in [0.4, 0.5) is 5.69 Å². The monoisotopic (exact) mass is 363 g/mol. The van der Waals surface area contributed by atoms with Gasteiger partial charge in [0.25, 0.3) is 5.91 Å². The van der Waals surface area contributed by atoms with Crippen LogP contribution in [0.2, 0.25) is 0 Å². The number of carbonyl (C=O) groups excluding carboxylic acids is 1. The molecule has 4 rings (SSSR count). The topological polar surface area (TPSA) is 76.2 Å². The van der Waals surface area contributed by atoms with Crippen LogP contribution in [0.15, 0.2) is 36.4 Å². The number of amides is 1. The van der Waals surface area contributed by atoms with E-state index in [9.17, 15) is 4.79 Å². The molecular formula is C21H21N3O3. The van der Waals surface area contributed by atoms with Crippen molar-refractivity contribution in [3.63, 3.8) is 0 Å². The van der Waals surface area contributed by atoms with E-state index in [-0.39, 0.29) is 12.7 Å².